The number of carbonyl (C=O) groups is 1. The molecule has 212 valence electrons. The predicted octanol–water partition coefficient (Wildman–Crippen LogP) is 2.59. The fourth-order valence-electron chi connectivity index (χ4n) is 3.96. The van der Waals surface area contributed by atoms with E-state index in [9.17, 15) is 29.6 Å². The van der Waals surface area contributed by atoms with Gasteiger partial charge in [0, 0.05) is 29.1 Å². The van der Waals surface area contributed by atoms with Crippen molar-refractivity contribution >= 4 is 13.7 Å². The van der Waals surface area contributed by atoms with Gasteiger partial charge in [0.05, 0.1) is 25.2 Å². The highest BCUT2D eigenvalue weighted by Crippen LogP contribution is 2.49. The highest BCUT2D eigenvalue weighted by molar-refractivity contribution is 7.52. The van der Waals surface area contributed by atoms with Crippen LogP contribution >= 0.6 is 7.75 Å². The van der Waals surface area contributed by atoms with Gasteiger partial charge < -0.3 is 19.1 Å². The number of nitrogens with one attached hydrogen (secondary N) is 2. The van der Waals surface area contributed by atoms with Gasteiger partial charge in [-0.15, -0.1) is 0 Å². The van der Waals surface area contributed by atoms with Crippen LogP contribution in [0.15, 0.2) is 57.3 Å². The highest BCUT2D eigenvalue weighted by atomic mass is 31.2. The molecule has 0 bridgehead atoms. The first kappa shape index (κ1) is 30.1. The molecule has 0 amide bonds. The Morgan fingerprint density at radius 1 is 1.31 bits per heavy atom. The Labute approximate surface area is 223 Å². The summed E-state index contributed by atoms with van der Waals surface area (Å²) in [5, 5.41) is 17.3. The van der Waals surface area contributed by atoms with Crippen LogP contribution in [0.5, 0.6) is 5.75 Å². The number of azide groups is 1. The van der Waals surface area contributed by atoms with Gasteiger partial charge in [-0.2, -0.15) is 0 Å². The molecule has 39 heavy (non-hydrogen) atoms. The summed E-state index contributed by atoms with van der Waals surface area (Å²) in [6.45, 7) is 5.72. The van der Waals surface area contributed by atoms with Gasteiger partial charge in [0.25, 0.3) is 5.56 Å². The third-order valence-corrected chi connectivity index (χ3v) is 7.38. The quantitative estimate of drug-likeness (QED) is 0.112. The minimum atomic E-state index is -4.31. The molecule has 1 aliphatic heterocycles. The summed E-state index contributed by atoms with van der Waals surface area (Å²) < 4.78 is 37.1. The summed E-state index contributed by atoms with van der Waals surface area (Å²) in [6.07, 6.45) is -2.04. The zero-order valence-electron chi connectivity index (χ0n) is 21.8. The van der Waals surface area contributed by atoms with Crippen molar-refractivity contribution in [1.82, 2.24) is 14.6 Å². The second kappa shape index (κ2) is 12.6. The van der Waals surface area contributed by atoms with Crippen molar-refractivity contribution in [3.63, 3.8) is 0 Å². The van der Waals surface area contributed by atoms with Crippen LogP contribution in [0.4, 0.5) is 0 Å². The number of aromatic amines is 1. The Morgan fingerprint density at radius 2 is 2.00 bits per heavy atom. The van der Waals surface area contributed by atoms with Crippen molar-refractivity contribution in [2.24, 2.45) is 11.0 Å². The molecular formula is C23H31N6O9P. The molecule has 2 heterocycles. The zero-order valence-corrected chi connectivity index (χ0v) is 22.7. The molecular weight excluding hydrogens is 535 g/mol. The first-order chi connectivity index (χ1) is 18.4. The van der Waals surface area contributed by atoms with E-state index in [1.165, 1.54) is 25.3 Å². The molecule has 1 fully saturated rings. The summed E-state index contributed by atoms with van der Waals surface area (Å²) in [7, 11) is -4.31. The molecule has 1 aliphatic rings. The third kappa shape index (κ3) is 7.57. The normalized spacial score (nSPS) is 24.9. The van der Waals surface area contributed by atoms with Gasteiger partial charge in [-0.1, -0.05) is 30.2 Å². The molecule has 0 radical (unpaired) electrons. The number of carbonyl (C=O) groups excluding carboxylic acids is 1. The standard InChI is InChI=1S/C23H31N6O9P/c1-14(2)36-19(31)12-15(3)26-39(34,38-17-8-6-5-7-9-17)35-13-23(27-28-24)20(32)16(4)21(37-23)29-11-10-18(30)25-22(29)33/h5-11,14-16,20-21,32H,12-13H2,1-4H3,(H,26,34)(H,25,30,33)/t15?,16-,20-,21+,23+,39?/m0/s1. The van der Waals surface area contributed by atoms with E-state index in [2.05, 4.69) is 20.1 Å². The average Bonchev–Trinajstić information content (AvgIpc) is 3.08. The number of ether oxygens (including phenoxy) is 2. The lowest BCUT2D eigenvalue weighted by atomic mass is 9.98. The number of benzene rings is 1. The van der Waals surface area contributed by atoms with E-state index < -0.39 is 61.6 Å². The van der Waals surface area contributed by atoms with Crippen LogP contribution in [-0.4, -0.2) is 51.2 Å². The van der Waals surface area contributed by atoms with E-state index in [4.69, 9.17) is 18.5 Å². The van der Waals surface area contributed by atoms with Gasteiger partial charge in [-0.3, -0.25) is 23.7 Å². The molecule has 3 N–H and O–H groups in total. The second-order valence-corrected chi connectivity index (χ2v) is 11.0. The van der Waals surface area contributed by atoms with Crippen LogP contribution in [0.1, 0.15) is 40.3 Å². The van der Waals surface area contributed by atoms with E-state index in [1.807, 2.05) is 0 Å². The van der Waals surface area contributed by atoms with Gasteiger partial charge in [-0.05, 0) is 38.4 Å². The van der Waals surface area contributed by atoms with Gasteiger partial charge >= 0.3 is 19.4 Å². The molecule has 1 saturated heterocycles. The number of rotatable bonds is 12. The highest BCUT2D eigenvalue weighted by Gasteiger charge is 2.55. The third-order valence-electron chi connectivity index (χ3n) is 5.70. The first-order valence-electron chi connectivity index (χ1n) is 12.1. The van der Waals surface area contributed by atoms with Crippen molar-refractivity contribution in [3.05, 3.63) is 73.9 Å². The number of esters is 1. The fourth-order valence-corrected chi connectivity index (χ4v) is 5.53. The van der Waals surface area contributed by atoms with Gasteiger partial charge in [0.2, 0.25) is 0 Å². The minimum absolute atomic E-state index is 0.168. The van der Waals surface area contributed by atoms with Gasteiger partial charge in [-0.25, -0.2) is 14.4 Å². The number of H-pyrrole nitrogens is 1. The number of nitrogens with zero attached hydrogens (tertiary/aromatic N) is 4. The largest absolute Gasteiger partial charge is 0.463 e. The Hall–Kier alpha value is -3.45. The lowest BCUT2D eigenvalue weighted by molar-refractivity contribution is -0.147. The molecule has 1 aromatic heterocycles. The van der Waals surface area contributed by atoms with Crippen molar-refractivity contribution in [3.8, 4) is 5.75 Å². The van der Waals surface area contributed by atoms with E-state index in [-0.39, 0.29) is 18.3 Å². The van der Waals surface area contributed by atoms with Crippen LogP contribution < -0.4 is 20.9 Å². The Balaban J connectivity index is 1.87. The number of aromatic nitrogens is 2. The van der Waals surface area contributed by atoms with Crippen molar-refractivity contribution < 1.29 is 33.0 Å². The summed E-state index contributed by atoms with van der Waals surface area (Å²) in [4.78, 5) is 40.8. The molecule has 0 saturated carbocycles. The van der Waals surface area contributed by atoms with Crippen molar-refractivity contribution in [2.45, 2.75) is 64.3 Å². The van der Waals surface area contributed by atoms with Crippen LogP contribution in [0.25, 0.3) is 10.4 Å². The Bertz CT molecular complexity index is 1360. The molecule has 1 aromatic carbocycles. The van der Waals surface area contributed by atoms with E-state index in [1.54, 1.807) is 39.0 Å². The maximum Gasteiger partial charge on any atom is 0.459 e. The SMILES string of the molecule is CC(CC(=O)OC(C)C)NP(=O)(OC[C@@]1(N=[N+]=[N-])O[C@@H](n2ccc(=O)[nH]c2=O)[C@@H](C)[C@@H]1O)Oc1ccccc1. The summed E-state index contributed by atoms with van der Waals surface area (Å²) in [5.41, 5.74) is 5.67. The first-order valence-corrected chi connectivity index (χ1v) is 13.6. The summed E-state index contributed by atoms with van der Waals surface area (Å²) >= 11 is 0. The number of para-hydroxylation sites is 1. The number of aliphatic hydroxyl groups excluding tert-OH is 1. The number of hydrogen-bond donors (Lipinski definition) is 3. The molecule has 16 heteroatoms. The summed E-state index contributed by atoms with van der Waals surface area (Å²) in [6, 6.07) is 8.40. The van der Waals surface area contributed by atoms with Crippen LogP contribution in [0.2, 0.25) is 0 Å². The lowest BCUT2D eigenvalue weighted by Gasteiger charge is -2.30. The maximum absolute atomic E-state index is 13.9. The minimum Gasteiger partial charge on any atom is -0.463 e. The Morgan fingerprint density at radius 3 is 2.62 bits per heavy atom. The molecule has 2 aromatic rings. The summed E-state index contributed by atoms with van der Waals surface area (Å²) in [5.74, 6) is -1.21. The lowest BCUT2D eigenvalue weighted by Crippen LogP contribution is -2.44. The van der Waals surface area contributed by atoms with Gasteiger partial charge in [0.15, 0.2) is 5.72 Å². The monoisotopic (exact) mass is 566 g/mol. The van der Waals surface area contributed by atoms with Crippen LogP contribution in [0.3, 0.4) is 0 Å². The van der Waals surface area contributed by atoms with Gasteiger partial charge in [0.1, 0.15) is 12.0 Å². The molecule has 3 rings (SSSR count). The molecule has 0 aliphatic carbocycles. The van der Waals surface area contributed by atoms with Crippen LogP contribution in [-0.2, 0) is 23.4 Å². The van der Waals surface area contributed by atoms with Crippen molar-refractivity contribution in [2.75, 3.05) is 6.61 Å². The molecule has 0 spiro atoms. The average molecular weight is 567 g/mol. The van der Waals surface area contributed by atoms with Crippen molar-refractivity contribution in [1.29, 1.82) is 0 Å². The topological polar surface area (TPSA) is 207 Å². The molecule has 2 unspecified atom stereocenters. The maximum atomic E-state index is 13.9. The number of aliphatic hydroxyl groups is 1. The smallest absolute Gasteiger partial charge is 0.459 e. The molecule has 6 atom stereocenters. The van der Waals surface area contributed by atoms with E-state index >= 15 is 0 Å². The fraction of sp³-hybridized carbons (Fsp3) is 0.522. The zero-order chi connectivity index (χ0) is 28.8. The second-order valence-electron chi connectivity index (χ2n) is 9.31. The number of hydrogen-bond acceptors (Lipinski definition) is 10. The predicted molar refractivity (Wildman–Crippen MR) is 138 cm³/mol. The Kier molecular flexibility index (Phi) is 9.73. The molecule has 15 nitrogen and oxygen atoms in total. The van der Waals surface area contributed by atoms with E-state index in [0.717, 1.165) is 10.6 Å². The van der Waals surface area contributed by atoms with Crippen LogP contribution in [0, 0.1) is 5.92 Å². The van der Waals surface area contributed by atoms with E-state index in [0.29, 0.717) is 0 Å².